The van der Waals surface area contributed by atoms with Crippen molar-refractivity contribution < 1.29 is 14.7 Å². The second kappa shape index (κ2) is 3.90. The second-order valence-corrected chi connectivity index (χ2v) is 4.63. The van der Waals surface area contributed by atoms with Gasteiger partial charge in [0.25, 0.3) is 0 Å². The monoisotopic (exact) mass is 283 g/mol. The molecule has 1 aliphatic heterocycles. The highest BCUT2D eigenvalue weighted by molar-refractivity contribution is 9.10. The smallest absolute Gasteiger partial charge is 0.304 e. The summed E-state index contributed by atoms with van der Waals surface area (Å²) in [4.78, 5) is 22.3. The zero-order valence-corrected chi connectivity index (χ0v) is 10.2. The third kappa shape index (κ3) is 1.71. The predicted molar refractivity (Wildman–Crippen MR) is 62.5 cm³/mol. The van der Waals surface area contributed by atoms with Gasteiger partial charge in [-0.15, -0.1) is 0 Å². The van der Waals surface area contributed by atoms with Crippen LogP contribution < -0.4 is 5.32 Å². The summed E-state index contributed by atoms with van der Waals surface area (Å²) in [6, 6.07) is 3.63. The van der Waals surface area contributed by atoms with Gasteiger partial charge in [-0.25, -0.2) is 0 Å². The Bertz CT molecular complexity index is 484. The molecular weight excluding hydrogens is 274 g/mol. The Kier molecular flexibility index (Phi) is 2.71. The number of aliphatic carboxylic acids is 1. The predicted octanol–water partition coefficient (Wildman–Crippen LogP) is 2.27. The topological polar surface area (TPSA) is 66.4 Å². The van der Waals surface area contributed by atoms with Crippen LogP contribution in [-0.2, 0) is 9.59 Å². The van der Waals surface area contributed by atoms with E-state index in [2.05, 4.69) is 21.2 Å². The lowest BCUT2D eigenvalue weighted by Crippen LogP contribution is -2.15. The Morgan fingerprint density at radius 1 is 1.56 bits per heavy atom. The molecule has 16 heavy (non-hydrogen) atoms. The average molecular weight is 284 g/mol. The maximum Gasteiger partial charge on any atom is 0.304 e. The van der Waals surface area contributed by atoms with Crippen molar-refractivity contribution in [3.63, 3.8) is 0 Å². The van der Waals surface area contributed by atoms with Gasteiger partial charge in [-0.1, -0.05) is 22.0 Å². The highest BCUT2D eigenvalue weighted by atomic mass is 79.9. The number of fused-ring (bicyclic) bond motifs is 1. The van der Waals surface area contributed by atoms with Gasteiger partial charge in [-0.3, -0.25) is 9.59 Å². The molecule has 1 aromatic carbocycles. The molecule has 2 N–H and O–H groups in total. The van der Waals surface area contributed by atoms with Crippen LogP contribution in [0.3, 0.4) is 0 Å². The molecule has 0 spiro atoms. The molecule has 1 atom stereocenters. The number of carboxylic acid groups (broad SMARTS) is 1. The number of rotatable bonds is 2. The fraction of sp³-hybridized carbons (Fsp3) is 0.273. The van der Waals surface area contributed by atoms with Crippen LogP contribution in [0.4, 0.5) is 5.69 Å². The molecular formula is C11H10BrNO3. The van der Waals surface area contributed by atoms with E-state index < -0.39 is 11.9 Å². The van der Waals surface area contributed by atoms with Crippen molar-refractivity contribution in [2.24, 2.45) is 0 Å². The van der Waals surface area contributed by atoms with Crippen molar-refractivity contribution in [3.05, 3.63) is 27.7 Å². The molecule has 0 fully saturated rings. The number of carbonyl (C=O) groups excluding carboxylic acids is 1. The lowest BCUT2D eigenvalue weighted by atomic mass is 9.96. The van der Waals surface area contributed by atoms with Gasteiger partial charge < -0.3 is 10.4 Å². The number of carboxylic acids is 1. The van der Waals surface area contributed by atoms with Crippen LogP contribution in [0.2, 0.25) is 0 Å². The van der Waals surface area contributed by atoms with Crippen molar-refractivity contribution in [3.8, 4) is 0 Å². The minimum absolute atomic E-state index is 0.167. The summed E-state index contributed by atoms with van der Waals surface area (Å²) in [5.74, 6) is -1.77. The summed E-state index contributed by atoms with van der Waals surface area (Å²) in [7, 11) is 0. The van der Waals surface area contributed by atoms with Gasteiger partial charge in [0.1, 0.15) is 0 Å². The Morgan fingerprint density at radius 3 is 2.88 bits per heavy atom. The molecule has 5 heteroatoms. The molecule has 1 heterocycles. The SMILES string of the molecule is Cc1c(Br)ccc2c1NC(=O)C2CC(=O)O. The minimum atomic E-state index is -0.964. The lowest BCUT2D eigenvalue weighted by Gasteiger charge is -2.07. The maximum atomic E-state index is 11.6. The molecule has 0 aromatic heterocycles. The number of amides is 1. The van der Waals surface area contributed by atoms with Crippen LogP contribution in [0.25, 0.3) is 0 Å². The Morgan fingerprint density at radius 2 is 2.25 bits per heavy atom. The molecule has 0 saturated carbocycles. The normalized spacial score (nSPS) is 18.1. The standard InChI is InChI=1S/C11H10BrNO3/c1-5-8(12)3-2-6-7(4-9(14)15)11(16)13-10(5)6/h2-3,7H,4H2,1H3,(H,13,16)(H,14,15). The van der Waals surface area contributed by atoms with Crippen LogP contribution in [0, 0.1) is 6.92 Å². The summed E-state index contributed by atoms with van der Waals surface area (Å²) >= 11 is 3.37. The third-order valence-corrected chi connectivity index (χ3v) is 3.61. The summed E-state index contributed by atoms with van der Waals surface area (Å²) in [5.41, 5.74) is 2.44. The molecule has 1 aliphatic rings. The number of benzene rings is 1. The number of halogens is 1. The van der Waals surface area contributed by atoms with E-state index in [1.165, 1.54) is 0 Å². The van der Waals surface area contributed by atoms with Crippen LogP contribution in [0.15, 0.2) is 16.6 Å². The van der Waals surface area contributed by atoms with Crippen molar-refractivity contribution in [2.45, 2.75) is 19.3 Å². The molecule has 84 valence electrons. The third-order valence-electron chi connectivity index (χ3n) is 2.75. The number of anilines is 1. The fourth-order valence-electron chi connectivity index (χ4n) is 1.89. The number of nitrogens with one attached hydrogen (secondary N) is 1. The minimum Gasteiger partial charge on any atom is -0.481 e. The molecule has 1 amide bonds. The first-order chi connectivity index (χ1) is 7.50. The van der Waals surface area contributed by atoms with Gasteiger partial charge >= 0.3 is 5.97 Å². The van der Waals surface area contributed by atoms with E-state index in [1.54, 1.807) is 6.07 Å². The van der Waals surface area contributed by atoms with E-state index in [1.807, 2.05) is 13.0 Å². The highest BCUT2D eigenvalue weighted by Crippen LogP contribution is 2.39. The molecule has 0 radical (unpaired) electrons. The summed E-state index contributed by atoms with van der Waals surface area (Å²) in [6.45, 7) is 1.88. The van der Waals surface area contributed by atoms with E-state index in [0.717, 1.165) is 21.3 Å². The van der Waals surface area contributed by atoms with Gasteiger partial charge in [-0.05, 0) is 24.1 Å². The Labute approximate surface area is 101 Å². The van der Waals surface area contributed by atoms with E-state index in [4.69, 9.17) is 5.11 Å². The van der Waals surface area contributed by atoms with Crippen LogP contribution in [-0.4, -0.2) is 17.0 Å². The van der Waals surface area contributed by atoms with Gasteiger partial charge in [0.2, 0.25) is 5.91 Å². The zero-order chi connectivity index (χ0) is 11.9. The Hall–Kier alpha value is -1.36. The van der Waals surface area contributed by atoms with E-state index >= 15 is 0 Å². The van der Waals surface area contributed by atoms with Gasteiger partial charge in [0.15, 0.2) is 0 Å². The molecule has 2 rings (SSSR count). The van der Waals surface area contributed by atoms with E-state index in [9.17, 15) is 9.59 Å². The van der Waals surface area contributed by atoms with Crippen molar-refractivity contribution in [2.75, 3.05) is 5.32 Å². The largest absolute Gasteiger partial charge is 0.481 e. The van der Waals surface area contributed by atoms with Crippen LogP contribution in [0.1, 0.15) is 23.5 Å². The average Bonchev–Trinajstić information content (AvgIpc) is 2.51. The van der Waals surface area contributed by atoms with E-state index in [0.29, 0.717) is 0 Å². The fourth-order valence-corrected chi connectivity index (χ4v) is 2.22. The molecule has 0 bridgehead atoms. The van der Waals surface area contributed by atoms with Crippen molar-refractivity contribution in [1.29, 1.82) is 0 Å². The van der Waals surface area contributed by atoms with Gasteiger partial charge in [0.05, 0.1) is 12.3 Å². The van der Waals surface area contributed by atoms with Crippen LogP contribution >= 0.6 is 15.9 Å². The summed E-state index contributed by atoms with van der Waals surface area (Å²) in [5, 5.41) is 11.5. The second-order valence-electron chi connectivity index (χ2n) is 3.78. The lowest BCUT2D eigenvalue weighted by molar-refractivity contribution is -0.138. The first-order valence-electron chi connectivity index (χ1n) is 4.82. The number of carbonyl (C=O) groups is 2. The molecule has 1 aromatic rings. The number of hydrogen-bond donors (Lipinski definition) is 2. The van der Waals surface area contributed by atoms with Gasteiger partial charge in [-0.2, -0.15) is 0 Å². The highest BCUT2D eigenvalue weighted by Gasteiger charge is 2.33. The molecule has 1 unspecified atom stereocenters. The first-order valence-corrected chi connectivity index (χ1v) is 5.61. The summed E-state index contributed by atoms with van der Waals surface area (Å²) < 4.78 is 0.905. The van der Waals surface area contributed by atoms with Crippen molar-refractivity contribution >= 4 is 33.5 Å². The molecule has 0 aliphatic carbocycles. The zero-order valence-electron chi connectivity index (χ0n) is 8.58. The molecule has 4 nitrogen and oxygen atoms in total. The maximum absolute atomic E-state index is 11.6. The van der Waals surface area contributed by atoms with E-state index in [-0.39, 0.29) is 12.3 Å². The number of hydrogen-bond acceptors (Lipinski definition) is 2. The Balaban J connectivity index is 2.46. The van der Waals surface area contributed by atoms with Gasteiger partial charge in [0, 0.05) is 10.2 Å². The quantitative estimate of drug-likeness (QED) is 0.875. The first kappa shape index (κ1) is 11.1. The van der Waals surface area contributed by atoms with Crippen LogP contribution in [0.5, 0.6) is 0 Å². The summed E-state index contributed by atoms with van der Waals surface area (Å²) in [6.07, 6.45) is -0.167. The molecule has 0 saturated heterocycles. The van der Waals surface area contributed by atoms with Crippen molar-refractivity contribution in [1.82, 2.24) is 0 Å².